The molecule has 0 bridgehead atoms. The number of carbonyl (C=O) groups is 2. The predicted octanol–water partition coefficient (Wildman–Crippen LogP) is 2.30. The van der Waals surface area contributed by atoms with E-state index in [1.165, 1.54) is 12.8 Å². The molecule has 18 heavy (non-hydrogen) atoms. The summed E-state index contributed by atoms with van der Waals surface area (Å²) in [4.78, 5) is 20.5. The molecule has 0 aromatic heterocycles. The van der Waals surface area contributed by atoms with Crippen LogP contribution in [-0.4, -0.2) is 25.4 Å². The smallest absolute Gasteiger partial charge is 0.404 e. The third-order valence-corrected chi connectivity index (χ3v) is 2.53. The first-order chi connectivity index (χ1) is 8.63. The molecule has 6 heteroatoms. The van der Waals surface area contributed by atoms with Crippen molar-refractivity contribution in [1.82, 2.24) is 0 Å². The minimum atomic E-state index is -0.701. The SMILES string of the molecule is NC(=O)OCCCCCCCCCCOC(N)=O. The van der Waals surface area contributed by atoms with Crippen LogP contribution in [0.25, 0.3) is 0 Å². The normalized spacial score (nSPS) is 10.0. The first-order valence-corrected chi connectivity index (χ1v) is 6.47. The zero-order chi connectivity index (χ0) is 13.6. The molecule has 0 saturated heterocycles. The van der Waals surface area contributed by atoms with Gasteiger partial charge in [0.15, 0.2) is 0 Å². The summed E-state index contributed by atoms with van der Waals surface area (Å²) in [7, 11) is 0. The van der Waals surface area contributed by atoms with Crippen LogP contribution in [0.1, 0.15) is 51.4 Å². The average Bonchev–Trinajstić information content (AvgIpc) is 2.29. The molecular formula is C12H24N2O4. The third-order valence-electron chi connectivity index (χ3n) is 2.53. The highest BCUT2D eigenvalue weighted by Gasteiger charge is 1.96. The van der Waals surface area contributed by atoms with E-state index in [0.717, 1.165) is 38.5 Å². The molecule has 0 spiro atoms. The van der Waals surface area contributed by atoms with Crippen molar-refractivity contribution >= 4 is 12.2 Å². The summed E-state index contributed by atoms with van der Waals surface area (Å²) in [5.74, 6) is 0. The molecule has 0 aliphatic heterocycles. The number of primary amides is 2. The second-order valence-corrected chi connectivity index (χ2v) is 4.16. The minimum absolute atomic E-state index is 0.416. The molecule has 0 aliphatic rings. The number of hydrogen-bond acceptors (Lipinski definition) is 4. The molecule has 6 nitrogen and oxygen atoms in total. The van der Waals surface area contributed by atoms with Crippen LogP contribution in [-0.2, 0) is 9.47 Å². The lowest BCUT2D eigenvalue weighted by molar-refractivity contribution is 0.153. The number of unbranched alkanes of at least 4 members (excludes halogenated alkanes) is 7. The van der Waals surface area contributed by atoms with Crippen LogP contribution in [0, 0.1) is 0 Å². The summed E-state index contributed by atoms with van der Waals surface area (Å²) in [6, 6.07) is 0. The Hall–Kier alpha value is -1.46. The van der Waals surface area contributed by atoms with Crippen molar-refractivity contribution < 1.29 is 19.1 Å². The van der Waals surface area contributed by atoms with E-state index < -0.39 is 12.2 Å². The Morgan fingerprint density at radius 1 is 0.611 bits per heavy atom. The maximum absolute atomic E-state index is 10.3. The quantitative estimate of drug-likeness (QED) is 0.556. The fourth-order valence-electron chi connectivity index (χ4n) is 1.61. The van der Waals surface area contributed by atoms with Gasteiger partial charge >= 0.3 is 12.2 Å². The predicted molar refractivity (Wildman–Crippen MR) is 68.0 cm³/mol. The lowest BCUT2D eigenvalue weighted by Crippen LogP contribution is -2.13. The Morgan fingerprint density at radius 3 is 1.17 bits per heavy atom. The number of hydrogen-bond donors (Lipinski definition) is 2. The van der Waals surface area contributed by atoms with Gasteiger partial charge in [-0.1, -0.05) is 38.5 Å². The molecule has 0 aliphatic carbocycles. The largest absolute Gasteiger partial charge is 0.450 e. The van der Waals surface area contributed by atoms with Gasteiger partial charge in [-0.2, -0.15) is 0 Å². The standard InChI is InChI=1S/C12H24N2O4/c13-11(15)17-9-7-5-3-1-2-4-6-8-10-18-12(14)16/h1-10H2,(H2,13,15)(H2,14,16). The molecule has 0 aromatic carbocycles. The van der Waals surface area contributed by atoms with Crippen molar-refractivity contribution in [2.75, 3.05) is 13.2 Å². The fourth-order valence-corrected chi connectivity index (χ4v) is 1.61. The van der Waals surface area contributed by atoms with E-state index in [1.54, 1.807) is 0 Å². The first kappa shape index (κ1) is 16.5. The Morgan fingerprint density at radius 2 is 0.889 bits per heavy atom. The van der Waals surface area contributed by atoms with Gasteiger partial charge in [-0.05, 0) is 12.8 Å². The van der Waals surface area contributed by atoms with Crippen LogP contribution >= 0.6 is 0 Å². The van der Waals surface area contributed by atoms with Gasteiger partial charge in [0.2, 0.25) is 0 Å². The van der Waals surface area contributed by atoms with Crippen LogP contribution in [0.15, 0.2) is 0 Å². The van der Waals surface area contributed by atoms with Gasteiger partial charge in [0, 0.05) is 0 Å². The van der Waals surface area contributed by atoms with Crippen molar-refractivity contribution in [1.29, 1.82) is 0 Å². The molecule has 0 heterocycles. The van der Waals surface area contributed by atoms with Crippen molar-refractivity contribution in [3.05, 3.63) is 0 Å². The zero-order valence-electron chi connectivity index (χ0n) is 10.9. The molecule has 0 atom stereocenters. The number of amides is 2. The van der Waals surface area contributed by atoms with Gasteiger partial charge in [-0.25, -0.2) is 9.59 Å². The second kappa shape index (κ2) is 12.0. The Kier molecular flexibility index (Phi) is 11.0. The molecule has 0 fully saturated rings. The molecule has 0 aromatic rings. The Bertz CT molecular complexity index is 210. The Labute approximate surface area is 108 Å². The summed E-state index contributed by atoms with van der Waals surface area (Å²) in [5, 5.41) is 0. The van der Waals surface area contributed by atoms with E-state index in [0.29, 0.717) is 13.2 Å². The van der Waals surface area contributed by atoms with Crippen molar-refractivity contribution in [3.63, 3.8) is 0 Å². The molecule has 0 saturated carbocycles. The van der Waals surface area contributed by atoms with E-state index in [4.69, 9.17) is 11.5 Å². The molecule has 2 amide bonds. The maximum Gasteiger partial charge on any atom is 0.404 e. The highest BCUT2D eigenvalue weighted by atomic mass is 16.5. The molecule has 0 rings (SSSR count). The van der Waals surface area contributed by atoms with Gasteiger partial charge in [0.1, 0.15) is 0 Å². The Balaban J connectivity index is 2.99. The van der Waals surface area contributed by atoms with Gasteiger partial charge in [-0.3, -0.25) is 0 Å². The molecule has 4 N–H and O–H groups in total. The van der Waals surface area contributed by atoms with E-state index in [9.17, 15) is 9.59 Å². The van der Waals surface area contributed by atoms with Crippen LogP contribution < -0.4 is 11.5 Å². The highest BCUT2D eigenvalue weighted by Crippen LogP contribution is 2.08. The molecular weight excluding hydrogens is 236 g/mol. The molecule has 106 valence electrons. The number of carbonyl (C=O) groups excluding carboxylic acids is 2. The van der Waals surface area contributed by atoms with Gasteiger partial charge in [0.25, 0.3) is 0 Å². The van der Waals surface area contributed by atoms with Crippen LogP contribution in [0.2, 0.25) is 0 Å². The highest BCUT2D eigenvalue weighted by molar-refractivity contribution is 5.64. The van der Waals surface area contributed by atoms with Crippen LogP contribution in [0.5, 0.6) is 0 Å². The van der Waals surface area contributed by atoms with Gasteiger partial charge in [0.05, 0.1) is 13.2 Å². The summed E-state index contributed by atoms with van der Waals surface area (Å²) in [6.07, 6.45) is 7.07. The van der Waals surface area contributed by atoms with Gasteiger partial charge < -0.3 is 20.9 Å². The van der Waals surface area contributed by atoms with Crippen molar-refractivity contribution in [2.45, 2.75) is 51.4 Å². The fraction of sp³-hybridized carbons (Fsp3) is 0.833. The lowest BCUT2D eigenvalue weighted by Gasteiger charge is -2.03. The topological polar surface area (TPSA) is 105 Å². The first-order valence-electron chi connectivity index (χ1n) is 6.47. The minimum Gasteiger partial charge on any atom is -0.450 e. The van der Waals surface area contributed by atoms with Crippen LogP contribution in [0.3, 0.4) is 0 Å². The van der Waals surface area contributed by atoms with Gasteiger partial charge in [-0.15, -0.1) is 0 Å². The van der Waals surface area contributed by atoms with Crippen molar-refractivity contribution in [2.24, 2.45) is 11.5 Å². The number of nitrogens with two attached hydrogens (primary N) is 2. The van der Waals surface area contributed by atoms with E-state index >= 15 is 0 Å². The summed E-state index contributed by atoms with van der Waals surface area (Å²) >= 11 is 0. The number of rotatable bonds is 11. The van der Waals surface area contributed by atoms with E-state index in [2.05, 4.69) is 9.47 Å². The van der Waals surface area contributed by atoms with E-state index in [-0.39, 0.29) is 0 Å². The number of ether oxygens (including phenoxy) is 2. The zero-order valence-corrected chi connectivity index (χ0v) is 10.9. The molecule has 0 unspecified atom stereocenters. The van der Waals surface area contributed by atoms with Crippen LogP contribution in [0.4, 0.5) is 9.59 Å². The monoisotopic (exact) mass is 260 g/mol. The second-order valence-electron chi connectivity index (χ2n) is 4.16. The lowest BCUT2D eigenvalue weighted by atomic mass is 10.1. The summed E-state index contributed by atoms with van der Waals surface area (Å²) in [5.41, 5.74) is 9.66. The van der Waals surface area contributed by atoms with Crippen molar-refractivity contribution in [3.8, 4) is 0 Å². The third kappa shape index (κ3) is 14.5. The van der Waals surface area contributed by atoms with E-state index in [1.807, 2.05) is 0 Å². The summed E-state index contributed by atoms with van der Waals surface area (Å²) < 4.78 is 9.24. The maximum atomic E-state index is 10.3. The average molecular weight is 260 g/mol. The summed E-state index contributed by atoms with van der Waals surface area (Å²) in [6.45, 7) is 0.833. The molecule has 0 radical (unpaired) electrons.